The van der Waals surface area contributed by atoms with Gasteiger partial charge in [0, 0.05) is 0 Å². The van der Waals surface area contributed by atoms with E-state index in [2.05, 4.69) is 10.3 Å². The predicted octanol–water partition coefficient (Wildman–Crippen LogP) is 4.44. The number of carbonyl (C=O) groups excluding carboxylic acids is 2. The molecule has 8 nitrogen and oxygen atoms in total. The van der Waals surface area contributed by atoms with Gasteiger partial charge in [0.15, 0.2) is 16.7 Å². The molecule has 0 spiro atoms. The first-order valence-electron chi connectivity index (χ1n) is 9.40. The Labute approximate surface area is 184 Å². The van der Waals surface area contributed by atoms with Gasteiger partial charge in [0.25, 0.3) is 5.91 Å². The summed E-state index contributed by atoms with van der Waals surface area (Å²) < 4.78 is 20.5. The van der Waals surface area contributed by atoms with E-state index in [1.807, 2.05) is 25.1 Å². The molecule has 0 atom stereocenters. The molecule has 2 aromatic carbocycles. The average molecular weight is 442 g/mol. The number of hydrogen-bond acceptors (Lipinski definition) is 8. The van der Waals surface area contributed by atoms with E-state index >= 15 is 0 Å². The van der Waals surface area contributed by atoms with Gasteiger partial charge in [-0.1, -0.05) is 12.1 Å². The molecule has 1 aliphatic rings. The van der Waals surface area contributed by atoms with E-state index in [-0.39, 0.29) is 18.3 Å². The molecule has 0 aromatic heterocycles. The normalized spacial score (nSPS) is 15.7. The standard InChI is InChI=1S/C22H22N2O6S/c1-5-29-22(26)30-17-9-7-14(11-18(17)28-4)12-19-20(25)24-21(31-19)23-15-10-13(2)6-8-16(15)27-3/h6-12H,5H2,1-4H3,(H,23,24,25)/b19-12-. The zero-order valence-corrected chi connectivity index (χ0v) is 18.4. The van der Waals surface area contributed by atoms with Crippen molar-refractivity contribution in [2.24, 2.45) is 4.99 Å². The summed E-state index contributed by atoms with van der Waals surface area (Å²) in [6, 6.07) is 10.6. The molecule has 1 N–H and O–H groups in total. The Hall–Kier alpha value is -3.46. The summed E-state index contributed by atoms with van der Waals surface area (Å²) in [6.07, 6.45) is 0.886. The lowest BCUT2D eigenvalue weighted by Crippen LogP contribution is -2.19. The van der Waals surface area contributed by atoms with Gasteiger partial charge >= 0.3 is 6.16 Å². The molecule has 1 aliphatic heterocycles. The van der Waals surface area contributed by atoms with Crippen LogP contribution in [0.1, 0.15) is 18.1 Å². The number of benzene rings is 2. The molecule has 0 unspecified atom stereocenters. The number of thioether (sulfide) groups is 1. The lowest BCUT2D eigenvalue weighted by molar-refractivity contribution is -0.115. The predicted molar refractivity (Wildman–Crippen MR) is 119 cm³/mol. The highest BCUT2D eigenvalue weighted by Gasteiger charge is 2.24. The van der Waals surface area contributed by atoms with Crippen LogP contribution in [0.15, 0.2) is 46.3 Å². The van der Waals surface area contributed by atoms with Gasteiger partial charge < -0.3 is 24.3 Å². The van der Waals surface area contributed by atoms with Crippen molar-refractivity contribution in [2.75, 3.05) is 20.8 Å². The van der Waals surface area contributed by atoms with Gasteiger partial charge in [-0.15, -0.1) is 0 Å². The summed E-state index contributed by atoms with van der Waals surface area (Å²) in [5, 5.41) is 3.21. The van der Waals surface area contributed by atoms with Crippen LogP contribution >= 0.6 is 11.8 Å². The summed E-state index contributed by atoms with van der Waals surface area (Å²) in [5.41, 5.74) is 2.36. The van der Waals surface area contributed by atoms with Crippen LogP contribution < -0.4 is 19.5 Å². The first-order valence-corrected chi connectivity index (χ1v) is 10.2. The third kappa shape index (κ3) is 5.58. The zero-order chi connectivity index (χ0) is 22.4. The Morgan fingerprint density at radius 1 is 1.10 bits per heavy atom. The Balaban J connectivity index is 1.82. The maximum Gasteiger partial charge on any atom is 0.513 e. The van der Waals surface area contributed by atoms with Crippen molar-refractivity contribution in [3.63, 3.8) is 0 Å². The van der Waals surface area contributed by atoms with E-state index < -0.39 is 6.16 Å². The molecule has 162 valence electrons. The molecule has 31 heavy (non-hydrogen) atoms. The van der Waals surface area contributed by atoms with Gasteiger partial charge in [-0.3, -0.25) is 4.79 Å². The smallest absolute Gasteiger partial charge is 0.494 e. The number of nitrogens with one attached hydrogen (secondary N) is 1. The van der Waals surface area contributed by atoms with Gasteiger partial charge in [-0.2, -0.15) is 0 Å². The van der Waals surface area contributed by atoms with Crippen LogP contribution in [-0.2, 0) is 9.53 Å². The van der Waals surface area contributed by atoms with Crippen LogP contribution in [0.5, 0.6) is 17.2 Å². The minimum atomic E-state index is -0.815. The van der Waals surface area contributed by atoms with Gasteiger partial charge in [-0.05, 0) is 67.1 Å². The Morgan fingerprint density at radius 3 is 2.55 bits per heavy atom. The van der Waals surface area contributed by atoms with E-state index in [9.17, 15) is 9.59 Å². The summed E-state index contributed by atoms with van der Waals surface area (Å²) in [4.78, 5) is 28.9. The summed E-state index contributed by atoms with van der Waals surface area (Å²) in [6.45, 7) is 3.85. The molecule has 0 aliphatic carbocycles. The molecule has 9 heteroatoms. The van der Waals surface area contributed by atoms with Crippen LogP contribution in [0.25, 0.3) is 6.08 Å². The number of carbonyl (C=O) groups is 2. The van der Waals surface area contributed by atoms with Crippen LogP contribution in [0, 0.1) is 6.92 Å². The average Bonchev–Trinajstić information content (AvgIpc) is 3.08. The Bertz CT molecular complexity index is 1060. The number of aliphatic imine (C=N–C) groups is 1. The number of nitrogens with zero attached hydrogens (tertiary/aromatic N) is 1. The lowest BCUT2D eigenvalue weighted by Gasteiger charge is -2.09. The number of hydrogen-bond donors (Lipinski definition) is 1. The molecule has 2 aromatic rings. The third-order valence-electron chi connectivity index (χ3n) is 4.15. The second-order valence-corrected chi connectivity index (χ2v) is 7.38. The van der Waals surface area contributed by atoms with Crippen molar-refractivity contribution >= 4 is 40.8 Å². The van der Waals surface area contributed by atoms with Crippen molar-refractivity contribution in [1.29, 1.82) is 0 Å². The van der Waals surface area contributed by atoms with Crippen LogP contribution in [0.2, 0.25) is 0 Å². The van der Waals surface area contributed by atoms with Crippen LogP contribution in [0.4, 0.5) is 10.5 Å². The zero-order valence-electron chi connectivity index (χ0n) is 17.6. The van der Waals surface area contributed by atoms with Crippen molar-refractivity contribution in [3.8, 4) is 17.2 Å². The Morgan fingerprint density at radius 2 is 1.84 bits per heavy atom. The minimum absolute atomic E-state index is 0.204. The quantitative estimate of drug-likeness (QED) is 0.401. The highest BCUT2D eigenvalue weighted by atomic mass is 32.2. The number of amides is 1. The van der Waals surface area contributed by atoms with Gasteiger partial charge in [0.2, 0.25) is 0 Å². The topological polar surface area (TPSA) is 95.5 Å². The number of amidine groups is 1. The van der Waals surface area contributed by atoms with Crippen molar-refractivity contribution in [2.45, 2.75) is 13.8 Å². The van der Waals surface area contributed by atoms with E-state index in [4.69, 9.17) is 18.9 Å². The summed E-state index contributed by atoms with van der Waals surface area (Å²) >= 11 is 1.22. The van der Waals surface area contributed by atoms with Crippen LogP contribution in [-0.4, -0.2) is 38.1 Å². The molecule has 1 saturated heterocycles. The highest BCUT2D eigenvalue weighted by Crippen LogP contribution is 2.34. The van der Waals surface area contributed by atoms with Gasteiger partial charge in [-0.25, -0.2) is 9.79 Å². The molecule has 1 heterocycles. The molecular formula is C22H22N2O6S. The fourth-order valence-electron chi connectivity index (χ4n) is 2.72. The molecule has 3 rings (SSSR count). The largest absolute Gasteiger partial charge is 0.513 e. The molecule has 1 amide bonds. The number of methoxy groups -OCH3 is 2. The second kappa shape index (κ2) is 10.0. The van der Waals surface area contributed by atoms with Crippen molar-refractivity contribution in [1.82, 2.24) is 5.32 Å². The molecule has 0 saturated carbocycles. The summed E-state index contributed by atoms with van der Waals surface area (Å²) in [5.74, 6) is 0.915. The molecule has 0 radical (unpaired) electrons. The lowest BCUT2D eigenvalue weighted by atomic mass is 10.2. The maximum atomic E-state index is 12.4. The fourth-order valence-corrected chi connectivity index (χ4v) is 3.56. The third-order valence-corrected chi connectivity index (χ3v) is 5.06. The highest BCUT2D eigenvalue weighted by molar-refractivity contribution is 8.18. The number of ether oxygens (including phenoxy) is 4. The molecule has 1 fully saturated rings. The molecular weight excluding hydrogens is 420 g/mol. The van der Waals surface area contributed by atoms with Crippen molar-refractivity contribution in [3.05, 3.63) is 52.4 Å². The molecule has 0 bridgehead atoms. The minimum Gasteiger partial charge on any atom is -0.494 e. The van der Waals surface area contributed by atoms with Gasteiger partial charge in [0.1, 0.15) is 11.4 Å². The first kappa shape index (κ1) is 22.2. The van der Waals surface area contributed by atoms with E-state index in [0.717, 1.165) is 5.56 Å². The fraction of sp³-hybridized carbons (Fsp3) is 0.227. The van der Waals surface area contributed by atoms with Crippen molar-refractivity contribution < 1.29 is 28.5 Å². The first-order chi connectivity index (χ1) is 14.9. The SMILES string of the molecule is CCOC(=O)Oc1ccc(/C=C2\SC(=Nc3cc(C)ccc3OC)NC2=O)cc1OC. The van der Waals surface area contributed by atoms with E-state index in [1.165, 1.54) is 18.9 Å². The Kier molecular flexibility index (Phi) is 7.19. The number of aryl methyl sites for hydroxylation is 1. The van der Waals surface area contributed by atoms with E-state index in [0.29, 0.717) is 32.8 Å². The maximum absolute atomic E-state index is 12.4. The monoisotopic (exact) mass is 442 g/mol. The van der Waals surface area contributed by atoms with E-state index in [1.54, 1.807) is 38.3 Å². The van der Waals surface area contributed by atoms with Gasteiger partial charge in [0.05, 0.1) is 25.7 Å². The number of rotatable bonds is 6. The van der Waals surface area contributed by atoms with Crippen LogP contribution in [0.3, 0.4) is 0 Å². The second-order valence-electron chi connectivity index (χ2n) is 6.35. The summed E-state index contributed by atoms with van der Waals surface area (Å²) in [7, 11) is 3.03.